The number of imidazole rings is 1. The molecule has 0 spiro atoms. The van der Waals surface area contributed by atoms with E-state index in [1.54, 1.807) is 11.7 Å². The highest BCUT2D eigenvalue weighted by molar-refractivity contribution is 5.84. The standard InChI is InChI=1S/C27H37FN8O3/c1-19(28)25-30-21-6-4-5-7-22(21)36(25)24-18-23(34-13-16-39-17-14-34)31-27(32-24)29-20(2)26(37)35-10-8-33(9-11-35)12-15-38-3/h4-7,18-20H,8-17H2,1-3H3,(H,29,31,32)/t19?,20-/m0/s1. The van der Waals surface area contributed by atoms with Gasteiger partial charge in [0.2, 0.25) is 11.9 Å². The maximum atomic E-state index is 14.8. The fraction of sp³-hybridized carbons (Fsp3) is 0.556. The Bertz CT molecular complexity index is 1270. The van der Waals surface area contributed by atoms with Crippen molar-refractivity contribution in [2.45, 2.75) is 26.1 Å². The van der Waals surface area contributed by atoms with Gasteiger partial charge in [0.05, 0.1) is 30.9 Å². The van der Waals surface area contributed by atoms with Gasteiger partial charge in [-0.2, -0.15) is 9.97 Å². The second-order valence-electron chi connectivity index (χ2n) is 9.94. The summed E-state index contributed by atoms with van der Waals surface area (Å²) in [6.45, 7) is 10.3. The van der Waals surface area contributed by atoms with Crippen LogP contribution in [0.5, 0.6) is 0 Å². The van der Waals surface area contributed by atoms with Gasteiger partial charge in [-0.25, -0.2) is 9.37 Å². The van der Waals surface area contributed by atoms with E-state index in [2.05, 4.69) is 20.1 Å². The summed E-state index contributed by atoms with van der Waals surface area (Å²) in [4.78, 5) is 33.7. The van der Waals surface area contributed by atoms with Crippen molar-refractivity contribution in [1.82, 2.24) is 29.3 Å². The Balaban J connectivity index is 1.42. The molecule has 0 saturated carbocycles. The molecule has 0 bridgehead atoms. The number of anilines is 2. The highest BCUT2D eigenvalue weighted by Crippen LogP contribution is 2.28. The van der Waals surface area contributed by atoms with Crippen LogP contribution in [0.4, 0.5) is 16.2 Å². The van der Waals surface area contributed by atoms with E-state index in [1.807, 2.05) is 42.2 Å². The number of piperazine rings is 1. The van der Waals surface area contributed by atoms with Crippen molar-refractivity contribution in [1.29, 1.82) is 0 Å². The summed E-state index contributed by atoms with van der Waals surface area (Å²) in [5.74, 6) is 1.75. The monoisotopic (exact) mass is 540 g/mol. The van der Waals surface area contributed by atoms with E-state index in [4.69, 9.17) is 19.4 Å². The molecule has 1 amide bonds. The van der Waals surface area contributed by atoms with Crippen LogP contribution < -0.4 is 10.2 Å². The zero-order valence-corrected chi connectivity index (χ0v) is 22.8. The first kappa shape index (κ1) is 27.2. The molecule has 2 aromatic heterocycles. The van der Waals surface area contributed by atoms with Crippen molar-refractivity contribution < 1.29 is 18.7 Å². The molecule has 39 heavy (non-hydrogen) atoms. The van der Waals surface area contributed by atoms with Crippen molar-refractivity contribution in [3.05, 3.63) is 36.2 Å². The fourth-order valence-electron chi connectivity index (χ4n) is 5.05. The molecule has 2 atom stereocenters. The Labute approximate surface area is 227 Å². The minimum atomic E-state index is -1.31. The highest BCUT2D eigenvalue weighted by Gasteiger charge is 2.27. The van der Waals surface area contributed by atoms with Gasteiger partial charge < -0.3 is 24.6 Å². The number of halogens is 1. The van der Waals surface area contributed by atoms with E-state index < -0.39 is 12.2 Å². The zero-order valence-electron chi connectivity index (χ0n) is 22.8. The quantitative estimate of drug-likeness (QED) is 0.438. The number of nitrogens with zero attached hydrogens (tertiary/aromatic N) is 7. The number of carbonyl (C=O) groups excluding carboxylic acids is 1. The summed E-state index contributed by atoms with van der Waals surface area (Å²) in [5.41, 5.74) is 1.44. The van der Waals surface area contributed by atoms with Gasteiger partial charge in [0, 0.05) is 59.0 Å². The van der Waals surface area contributed by atoms with Crippen LogP contribution in [0.2, 0.25) is 0 Å². The molecule has 2 saturated heterocycles. The second-order valence-corrected chi connectivity index (χ2v) is 9.94. The van der Waals surface area contributed by atoms with Crippen molar-refractivity contribution in [3.63, 3.8) is 0 Å². The number of rotatable bonds is 9. The number of hydrogen-bond donors (Lipinski definition) is 1. The predicted octanol–water partition coefficient (Wildman–Crippen LogP) is 2.27. The Morgan fingerprint density at radius 3 is 2.49 bits per heavy atom. The number of methoxy groups -OCH3 is 1. The molecule has 12 heteroatoms. The minimum Gasteiger partial charge on any atom is -0.383 e. The third-order valence-electron chi connectivity index (χ3n) is 7.22. The number of para-hydroxylation sites is 2. The molecule has 11 nitrogen and oxygen atoms in total. The number of alkyl halides is 1. The molecular weight excluding hydrogens is 503 g/mol. The van der Waals surface area contributed by atoms with Crippen LogP contribution in [-0.4, -0.2) is 114 Å². The Morgan fingerprint density at radius 1 is 1.05 bits per heavy atom. The van der Waals surface area contributed by atoms with Gasteiger partial charge in [-0.05, 0) is 26.0 Å². The van der Waals surface area contributed by atoms with Crippen molar-refractivity contribution in [2.24, 2.45) is 0 Å². The Hall–Kier alpha value is -3.35. The summed E-state index contributed by atoms with van der Waals surface area (Å²) in [6, 6.07) is 8.84. The smallest absolute Gasteiger partial charge is 0.244 e. The van der Waals surface area contributed by atoms with Gasteiger partial charge in [0.25, 0.3) is 0 Å². The minimum absolute atomic E-state index is 0.00512. The molecule has 5 rings (SSSR count). The van der Waals surface area contributed by atoms with Crippen LogP contribution >= 0.6 is 0 Å². The molecule has 2 aliphatic heterocycles. The maximum Gasteiger partial charge on any atom is 0.244 e. The largest absolute Gasteiger partial charge is 0.383 e. The van der Waals surface area contributed by atoms with Crippen LogP contribution in [0.15, 0.2) is 30.3 Å². The molecule has 2 fully saturated rings. The topological polar surface area (TPSA) is 101 Å². The number of hydrogen-bond acceptors (Lipinski definition) is 9. The highest BCUT2D eigenvalue weighted by atomic mass is 19.1. The van der Waals surface area contributed by atoms with Gasteiger partial charge >= 0.3 is 0 Å². The summed E-state index contributed by atoms with van der Waals surface area (Å²) >= 11 is 0. The average molecular weight is 541 g/mol. The van der Waals surface area contributed by atoms with E-state index in [-0.39, 0.29) is 11.7 Å². The van der Waals surface area contributed by atoms with Crippen LogP contribution in [-0.2, 0) is 14.3 Å². The van der Waals surface area contributed by atoms with Gasteiger partial charge in [0.1, 0.15) is 23.5 Å². The van der Waals surface area contributed by atoms with Crippen LogP contribution in [0.3, 0.4) is 0 Å². The lowest BCUT2D eigenvalue weighted by atomic mass is 10.2. The molecule has 3 aromatic rings. The molecule has 1 unspecified atom stereocenters. The number of ether oxygens (including phenoxy) is 2. The first-order valence-electron chi connectivity index (χ1n) is 13.5. The summed E-state index contributed by atoms with van der Waals surface area (Å²) in [7, 11) is 1.70. The SMILES string of the molecule is COCCN1CCN(C(=O)[C@H](C)Nc2nc(N3CCOCC3)cc(-n3c(C(C)F)nc4ccccc43)n2)CC1. The number of fused-ring (bicyclic) bond motifs is 1. The molecule has 1 N–H and O–H groups in total. The van der Waals surface area contributed by atoms with Gasteiger partial charge in [0.15, 0.2) is 6.17 Å². The van der Waals surface area contributed by atoms with Gasteiger partial charge in [-0.1, -0.05) is 12.1 Å². The Kier molecular flexibility index (Phi) is 8.53. The number of benzene rings is 1. The van der Waals surface area contributed by atoms with Gasteiger partial charge in [-0.3, -0.25) is 14.3 Å². The predicted molar refractivity (Wildman–Crippen MR) is 147 cm³/mol. The first-order valence-corrected chi connectivity index (χ1v) is 13.5. The first-order chi connectivity index (χ1) is 18.9. The summed E-state index contributed by atoms with van der Waals surface area (Å²) in [5, 5.41) is 3.23. The number of carbonyl (C=O) groups is 1. The Morgan fingerprint density at radius 2 is 1.77 bits per heavy atom. The molecular formula is C27H37FN8O3. The van der Waals surface area contributed by atoms with E-state index in [0.29, 0.717) is 69.1 Å². The molecule has 1 aromatic carbocycles. The summed E-state index contributed by atoms with van der Waals surface area (Å²) in [6.07, 6.45) is -1.31. The fourth-order valence-corrected chi connectivity index (χ4v) is 5.05. The third kappa shape index (κ3) is 6.13. The maximum absolute atomic E-state index is 14.8. The van der Waals surface area contributed by atoms with Crippen molar-refractivity contribution in [3.8, 4) is 5.82 Å². The van der Waals surface area contributed by atoms with Crippen LogP contribution in [0.25, 0.3) is 16.9 Å². The number of nitrogens with one attached hydrogen (secondary N) is 1. The summed E-state index contributed by atoms with van der Waals surface area (Å²) < 4.78 is 27.2. The van der Waals surface area contributed by atoms with Crippen LogP contribution in [0, 0.1) is 0 Å². The molecule has 0 radical (unpaired) electrons. The number of aromatic nitrogens is 4. The number of morpholine rings is 1. The van der Waals surface area contributed by atoms with E-state index in [9.17, 15) is 9.18 Å². The lowest BCUT2D eigenvalue weighted by Gasteiger charge is -2.36. The zero-order chi connectivity index (χ0) is 27.4. The third-order valence-corrected chi connectivity index (χ3v) is 7.22. The van der Waals surface area contributed by atoms with Gasteiger partial charge in [-0.15, -0.1) is 0 Å². The average Bonchev–Trinajstić information content (AvgIpc) is 3.36. The van der Waals surface area contributed by atoms with Crippen molar-refractivity contribution >= 4 is 28.7 Å². The molecule has 0 aliphatic carbocycles. The lowest BCUT2D eigenvalue weighted by molar-refractivity contribution is -0.133. The molecule has 2 aliphatic rings. The normalized spacial score (nSPS) is 18.4. The number of amides is 1. The van der Waals surface area contributed by atoms with Crippen LogP contribution in [0.1, 0.15) is 25.8 Å². The molecule has 4 heterocycles. The lowest BCUT2D eigenvalue weighted by Crippen LogP contribution is -2.52. The van der Waals surface area contributed by atoms with E-state index in [0.717, 1.165) is 25.2 Å². The molecule has 210 valence electrons. The second kappa shape index (κ2) is 12.2. The van der Waals surface area contributed by atoms with E-state index in [1.165, 1.54) is 6.92 Å². The van der Waals surface area contributed by atoms with E-state index >= 15 is 0 Å². The van der Waals surface area contributed by atoms with Crippen molar-refractivity contribution in [2.75, 3.05) is 83.0 Å².